The third-order valence-electron chi connectivity index (χ3n) is 7.99. The topological polar surface area (TPSA) is 93.5 Å². The van der Waals surface area contributed by atoms with Gasteiger partial charge in [0.05, 0.1) is 22.7 Å². The number of nitrogens with one attached hydrogen (secondary N) is 1. The zero-order chi connectivity index (χ0) is 26.3. The second kappa shape index (κ2) is 10.3. The van der Waals surface area contributed by atoms with Crippen LogP contribution >= 0.6 is 11.6 Å². The van der Waals surface area contributed by atoms with Gasteiger partial charge in [0, 0.05) is 30.9 Å². The van der Waals surface area contributed by atoms with Gasteiger partial charge in [-0.25, -0.2) is 13.1 Å². The monoisotopic (exact) mass is 554 g/mol. The van der Waals surface area contributed by atoms with Gasteiger partial charge in [-0.3, -0.25) is 9.48 Å². The van der Waals surface area contributed by atoms with Crippen LogP contribution in [0.5, 0.6) is 5.75 Å². The fraction of sp³-hybridized carbons (Fsp3) is 0.429. The Morgan fingerprint density at radius 1 is 1.00 bits per heavy atom. The first kappa shape index (κ1) is 25.2. The molecule has 1 fully saturated rings. The first-order chi connectivity index (χ1) is 18.3. The minimum Gasteiger partial charge on any atom is -0.487 e. The summed E-state index contributed by atoms with van der Waals surface area (Å²) in [5, 5.41) is 5.25. The van der Waals surface area contributed by atoms with Crippen molar-refractivity contribution in [1.82, 2.24) is 14.5 Å². The Bertz CT molecular complexity index is 1470. The van der Waals surface area contributed by atoms with Crippen molar-refractivity contribution in [3.05, 3.63) is 70.5 Å². The van der Waals surface area contributed by atoms with Crippen LogP contribution in [0, 0.1) is 11.8 Å². The highest BCUT2D eigenvalue weighted by molar-refractivity contribution is 7.90. The van der Waals surface area contributed by atoms with Crippen molar-refractivity contribution in [3.63, 3.8) is 0 Å². The Morgan fingerprint density at radius 2 is 1.84 bits per heavy atom. The number of carbonyl (C=O) groups is 1. The third-order valence-corrected chi connectivity index (χ3v) is 9.60. The Hall–Kier alpha value is -3.04. The van der Waals surface area contributed by atoms with E-state index in [4.69, 9.17) is 16.3 Å². The number of rotatable bonds is 0. The van der Waals surface area contributed by atoms with Crippen molar-refractivity contribution >= 4 is 33.2 Å². The van der Waals surface area contributed by atoms with Gasteiger partial charge in [0.25, 0.3) is 10.0 Å². The van der Waals surface area contributed by atoms with Crippen molar-refractivity contribution < 1.29 is 17.9 Å². The van der Waals surface area contributed by atoms with E-state index in [0.29, 0.717) is 34.9 Å². The standard InChI is InChI=1S/C28H31ClN4O4S/c29-23-7-6-22-18-37-27-9-8-25-15-26(27)32(11-2-1-3-19(22)13-23)16-20-4-5-21(20)17-33-12-10-24(30-33)14-28(34)31-38(25,35)36/h6-10,12-13,15,20-21H,1-5,11,14,16-18H2,(H,31,34)/t20-,21?/m0/s1. The van der Waals surface area contributed by atoms with Crippen molar-refractivity contribution in [1.29, 1.82) is 0 Å². The molecule has 3 heterocycles. The Balaban J connectivity index is 1.40. The number of nitrogens with zero attached hydrogens (tertiary/aromatic N) is 3. The van der Waals surface area contributed by atoms with Gasteiger partial charge in [0.1, 0.15) is 12.4 Å². The lowest BCUT2D eigenvalue weighted by Crippen LogP contribution is -2.40. The van der Waals surface area contributed by atoms with Crippen molar-refractivity contribution in [2.75, 3.05) is 18.0 Å². The molecule has 1 unspecified atom stereocenters. The summed E-state index contributed by atoms with van der Waals surface area (Å²) in [6.07, 6.45) is 6.86. The summed E-state index contributed by atoms with van der Waals surface area (Å²) in [5.41, 5.74) is 3.57. The molecule has 2 atom stereocenters. The van der Waals surface area contributed by atoms with Gasteiger partial charge in [-0.2, -0.15) is 5.10 Å². The van der Waals surface area contributed by atoms with E-state index < -0.39 is 15.9 Å². The van der Waals surface area contributed by atoms with Crippen LogP contribution in [-0.4, -0.2) is 37.2 Å². The van der Waals surface area contributed by atoms with Gasteiger partial charge in [0.2, 0.25) is 5.91 Å². The fourth-order valence-electron chi connectivity index (χ4n) is 5.74. The summed E-state index contributed by atoms with van der Waals surface area (Å²) in [6.45, 7) is 2.74. The van der Waals surface area contributed by atoms with E-state index in [1.54, 1.807) is 18.2 Å². The average Bonchev–Trinajstić information content (AvgIpc) is 3.30. The minimum atomic E-state index is -4.07. The van der Waals surface area contributed by atoms with E-state index >= 15 is 0 Å². The molecule has 1 aromatic heterocycles. The number of hydrogen-bond donors (Lipinski definition) is 1. The highest BCUT2D eigenvalue weighted by Crippen LogP contribution is 2.40. The van der Waals surface area contributed by atoms with Crippen LogP contribution in [0.1, 0.15) is 42.5 Å². The van der Waals surface area contributed by atoms with E-state index in [1.165, 1.54) is 11.6 Å². The molecule has 2 aliphatic heterocycles. The van der Waals surface area contributed by atoms with E-state index in [9.17, 15) is 13.2 Å². The van der Waals surface area contributed by atoms with Crippen LogP contribution < -0.4 is 14.4 Å². The largest absolute Gasteiger partial charge is 0.487 e. The normalized spacial score (nSPS) is 23.2. The number of fused-ring (bicyclic) bond motifs is 5. The zero-order valence-corrected chi connectivity index (χ0v) is 22.7. The maximum Gasteiger partial charge on any atom is 0.264 e. The van der Waals surface area contributed by atoms with Crippen molar-refractivity contribution in [2.24, 2.45) is 11.8 Å². The minimum absolute atomic E-state index is 0.0471. The predicted molar refractivity (Wildman–Crippen MR) is 145 cm³/mol. The van der Waals surface area contributed by atoms with Gasteiger partial charge < -0.3 is 9.64 Å². The quantitative estimate of drug-likeness (QED) is 0.444. The van der Waals surface area contributed by atoms with Crippen LogP contribution in [0.25, 0.3) is 0 Å². The number of hydrogen-bond acceptors (Lipinski definition) is 6. The highest BCUT2D eigenvalue weighted by atomic mass is 35.5. The molecule has 1 saturated carbocycles. The number of ether oxygens (including phenoxy) is 1. The van der Waals surface area contributed by atoms with Crippen LogP contribution in [0.4, 0.5) is 5.69 Å². The number of benzene rings is 2. The Kier molecular flexibility index (Phi) is 6.82. The second-order valence-corrected chi connectivity index (χ2v) is 12.7. The summed E-state index contributed by atoms with van der Waals surface area (Å²) in [4.78, 5) is 15.0. The molecule has 2 aromatic carbocycles. The molecule has 1 N–H and O–H groups in total. The molecule has 6 rings (SSSR count). The molecule has 1 aliphatic carbocycles. The maximum absolute atomic E-state index is 13.2. The molecule has 3 aromatic rings. The lowest BCUT2D eigenvalue weighted by molar-refractivity contribution is -0.118. The SMILES string of the molecule is O=C1Cc2ccn(n2)CC2CC[C@H]2CN2CCCCc3cc(Cl)ccc3COc3ccc(cc32)S(=O)(=O)N1. The number of sulfonamides is 1. The predicted octanol–water partition coefficient (Wildman–Crippen LogP) is 4.35. The number of aromatic nitrogens is 2. The number of halogens is 1. The molecule has 4 bridgehead atoms. The molecule has 10 heteroatoms. The van der Waals surface area contributed by atoms with Crippen molar-refractivity contribution in [2.45, 2.75) is 56.6 Å². The van der Waals surface area contributed by atoms with Gasteiger partial charge in [0.15, 0.2) is 0 Å². The van der Waals surface area contributed by atoms with Crippen LogP contribution in [0.3, 0.4) is 0 Å². The first-order valence-corrected chi connectivity index (χ1v) is 15.1. The molecule has 1 amide bonds. The number of anilines is 1. The van der Waals surface area contributed by atoms with E-state index in [2.05, 4.69) is 14.7 Å². The van der Waals surface area contributed by atoms with Crippen LogP contribution in [0.2, 0.25) is 5.02 Å². The molecule has 38 heavy (non-hydrogen) atoms. The third kappa shape index (κ3) is 5.27. The number of aryl methyl sites for hydroxylation is 1. The van der Waals surface area contributed by atoms with Gasteiger partial charge in [-0.15, -0.1) is 0 Å². The van der Waals surface area contributed by atoms with Gasteiger partial charge in [-0.1, -0.05) is 17.7 Å². The molecule has 0 saturated heterocycles. The smallest absolute Gasteiger partial charge is 0.264 e. The maximum atomic E-state index is 13.2. The van der Waals surface area contributed by atoms with Gasteiger partial charge in [-0.05, 0) is 91.5 Å². The molecule has 3 aliphatic rings. The summed E-state index contributed by atoms with van der Waals surface area (Å²) >= 11 is 6.28. The lowest BCUT2D eigenvalue weighted by atomic mass is 9.73. The lowest BCUT2D eigenvalue weighted by Gasteiger charge is -2.41. The number of carbonyl (C=O) groups excluding carboxylic acids is 1. The fourth-order valence-corrected chi connectivity index (χ4v) is 6.93. The molecular weight excluding hydrogens is 524 g/mol. The molecule has 0 radical (unpaired) electrons. The molecule has 8 nitrogen and oxygen atoms in total. The summed E-state index contributed by atoms with van der Waals surface area (Å²) < 4.78 is 36.9. The van der Waals surface area contributed by atoms with Gasteiger partial charge >= 0.3 is 0 Å². The average molecular weight is 555 g/mol. The summed E-state index contributed by atoms with van der Waals surface area (Å²) in [7, 11) is -4.07. The molecule has 200 valence electrons. The number of amides is 1. The molecular formula is C28H31ClN4O4S. The highest BCUT2D eigenvalue weighted by Gasteiger charge is 2.34. The van der Waals surface area contributed by atoms with Crippen LogP contribution in [0.15, 0.2) is 53.6 Å². The first-order valence-electron chi connectivity index (χ1n) is 13.2. The van der Waals surface area contributed by atoms with E-state index in [-0.39, 0.29) is 11.3 Å². The Labute approximate surface area is 228 Å². The Morgan fingerprint density at radius 3 is 2.68 bits per heavy atom. The van der Waals surface area contributed by atoms with E-state index in [1.807, 2.05) is 29.1 Å². The molecule has 0 spiro atoms. The summed E-state index contributed by atoms with van der Waals surface area (Å²) in [5.74, 6) is 0.963. The summed E-state index contributed by atoms with van der Waals surface area (Å²) in [6, 6.07) is 12.6. The van der Waals surface area contributed by atoms with Crippen molar-refractivity contribution in [3.8, 4) is 5.75 Å². The van der Waals surface area contributed by atoms with Crippen LogP contribution in [-0.2, 0) is 40.8 Å². The second-order valence-electron chi connectivity index (χ2n) is 10.6. The van der Waals surface area contributed by atoms with E-state index in [0.717, 1.165) is 63.0 Å². The zero-order valence-electron chi connectivity index (χ0n) is 21.1.